The van der Waals surface area contributed by atoms with Crippen LogP contribution in [-0.2, 0) is 10.3 Å². The zero-order chi connectivity index (χ0) is 12.3. The van der Waals surface area contributed by atoms with Crippen LogP contribution >= 0.6 is 11.3 Å². The highest BCUT2D eigenvalue weighted by molar-refractivity contribution is 7.08. The summed E-state index contributed by atoms with van der Waals surface area (Å²) in [6.07, 6.45) is 0. The van der Waals surface area contributed by atoms with Crippen LogP contribution in [0.4, 0.5) is 0 Å². The van der Waals surface area contributed by atoms with Gasteiger partial charge in [-0.3, -0.25) is 0 Å². The quantitative estimate of drug-likeness (QED) is 0.882. The molecule has 0 bridgehead atoms. The SMILES string of the molecule is CCOCC(C)(N)c1noc(-c2ccsc2)n1. The van der Waals surface area contributed by atoms with Gasteiger partial charge in [0.25, 0.3) is 5.89 Å². The normalized spacial score (nSPS) is 14.8. The zero-order valence-electron chi connectivity index (χ0n) is 9.84. The van der Waals surface area contributed by atoms with Crippen LogP contribution in [0, 0.1) is 0 Å². The van der Waals surface area contributed by atoms with Crippen LogP contribution in [0.1, 0.15) is 19.7 Å². The molecule has 2 aromatic heterocycles. The van der Waals surface area contributed by atoms with Crippen molar-refractivity contribution in [1.82, 2.24) is 10.1 Å². The van der Waals surface area contributed by atoms with E-state index in [0.717, 1.165) is 5.56 Å². The van der Waals surface area contributed by atoms with Gasteiger partial charge < -0.3 is 15.0 Å². The molecule has 2 rings (SSSR count). The van der Waals surface area contributed by atoms with Gasteiger partial charge >= 0.3 is 0 Å². The lowest BCUT2D eigenvalue weighted by molar-refractivity contribution is 0.0962. The van der Waals surface area contributed by atoms with E-state index in [4.69, 9.17) is 15.0 Å². The van der Waals surface area contributed by atoms with Gasteiger partial charge in [0.15, 0.2) is 5.82 Å². The molecule has 0 spiro atoms. The number of nitrogens with two attached hydrogens (primary N) is 1. The Morgan fingerprint density at radius 3 is 3.06 bits per heavy atom. The Kier molecular flexibility index (Phi) is 3.56. The molecule has 6 heteroatoms. The summed E-state index contributed by atoms with van der Waals surface area (Å²) in [6.45, 7) is 4.72. The molecule has 1 atom stereocenters. The van der Waals surface area contributed by atoms with Crippen molar-refractivity contribution >= 4 is 11.3 Å². The van der Waals surface area contributed by atoms with Gasteiger partial charge in [0, 0.05) is 12.0 Å². The van der Waals surface area contributed by atoms with E-state index in [1.54, 1.807) is 11.3 Å². The number of nitrogens with zero attached hydrogens (tertiary/aromatic N) is 2. The number of thiophene rings is 1. The van der Waals surface area contributed by atoms with Crippen LogP contribution in [0.5, 0.6) is 0 Å². The monoisotopic (exact) mass is 253 g/mol. The Hall–Kier alpha value is -1.24. The van der Waals surface area contributed by atoms with Gasteiger partial charge in [0.2, 0.25) is 0 Å². The Bertz CT molecular complexity index is 465. The van der Waals surface area contributed by atoms with Crippen LogP contribution in [0.2, 0.25) is 0 Å². The van der Waals surface area contributed by atoms with E-state index in [2.05, 4.69) is 10.1 Å². The van der Waals surface area contributed by atoms with E-state index >= 15 is 0 Å². The minimum absolute atomic E-state index is 0.367. The van der Waals surface area contributed by atoms with E-state index in [1.165, 1.54) is 0 Å². The maximum absolute atomic E-state index is 6.08. The molecule has 0 aliphatic rings. The first-order valence-electron chi connectivity index (χ1n) is 5.37. The van der Waals surface area contributed by atoms with Crippen molar-refractivity contribution in [3.8, 4) is 11.5 Å². The molecule has 0 aliphatic carbocycles. The summed E-state index contributed by atoms with van der Waals surface area (Å²) in [5.74, 6) is 0.960. The van der Waals surface area contributed by atoms with Crippen LogP contribution in [-0.4, -0.2) is 23.4 Å². The number of hydrogen-bond acceptors (Lipinski definition) is 6. The number of hydrogen-bond donors (Lipinski definition) is 1. The predicted molar refractivity (Wildman–Crippen MR) is 65.6 cm³/mol. The fourth-order valence-electron chi connectivity index (χ4n) is 1.34. The Morgan fingerprint density at radius 1 is 1.59 bits per heavy atom. The summed E-state index contributed by atoms with van der Waals surface area (Å²) < 4.78 is 10.5. The van der Waals surface area contributed by atoms with Crippen molar-refractivity contribution in [1.29, 1.82) is 0 Å². The molecule has 5 nitrogen and oxygen atoms in total. The molecule has 92 valence electrons. The maximum Gasteiger partial charge on any atom is 0.258 e. The van der Waals surface area contributed by atoms with E-state index in [9.17, 15) is 0 Å². The lowest BCUT2D eigenvalue weighted by Crippen LogP contribution is -2.39. The second-order valence-corrected chi connectivity index (χ2v) is 4.77. The fourth-order valence-corrected chi connectivity index (χ4v) is 1.97. The molecule has 0 aromatic carbocycles. The van der Waals surface area contributed by atoms with Crippen molar-refractivity contribution in [3.05, 3.63) is 22.7 Å². The van der Waals surface area contributed by atoms with E-state index in [-0.39, 0.29) is 0 Å². The van der Waals surface area contributed by atoms with Crippen LogP contribution in [0.15, 0.2) is 21.3 Å². The van der Waals surface area contributed by atoms with Gasteiger partial charge in [0.1, 0.15) is 5.54 Å². The number of rotatable bonds is 5. The molecule has 0 fully saturated rings. The van der Waals surface area contributed by atoms with E-state index in [1.807, 2.05) is 30.7 Å². The van der Waals surface area contributed by atoms with Crippen molar-refractivity contribution in [3.63, 3.8) is 0 Å². The summed E-state index contributed by atoms with van der Waals surface area (Å²) in [7, 11) is 0. The van der Waals surface area contributed by atoms with Gasteiger partial charge in [-0.2, -0.15) is 16.3 Å². The third kappa shape index (κ3) is 2.71. The van der Waals surface area contributed by atoms with Gasteiger partial charge in [-0.05, 0) is 25.3 Å². The predicted octanol–water partition coefficient (Wildman–Crippen LogP) is 2.01. The summed E-state index contributed by atoms with van der Waals surface area (Å²) >= 11 is 1.58. The third-order valence-electron chi connectivity index (χ3n) is 2.31. The fraction of sp³-hybridized carbons (Fsp3) is 0.455. The molecule has 0 radical (unpaired) electrons. The molecule has 2 N–H and O–H groups in total. The van der Waals surface area contributed by atoms with E-state index < -0.39 is 5.54 Å². The van der Waals surface area contributed by atoms with Crippen LogP contribution in [0.3, 0.4) is 0 Å². The highest BCUT2D eigenvalue weighted by atomic mass is 32.1. The maximum atomic E-state index is 6.08. The van der Waals surface area contributed by atoms with Crippen LogP contribution in [0.25, 0.3) is 11.5 Å². The summed E-state index contributed by atoms with van der Waals surface area (Å²) in [5.41, 5.74) is 6.27. The highest BCUT2D eigenvalue weighted by Crippen LogP contribution is 2.23. The molecule has 0 saturated carbocycles. The Labute approximate surface area is 104 Å². The zero-order valence-corrected chi connectivity index (χ0v) is 10.7. The van der Waals surface area contributed by atoms with Crippen molar-refractivity contribution in [2.45, 2.75) is 19.4 Å². The van der Waals surface area contributed by atoms with Crippen molar-refractivity contribution < 1.29 is 9.26 Å². The molecule has 0 amide bonds. The van der Waals surface area contributed by atoms with Crippen molar-refractivity contribution in [2.75, 3.05) is 13.2 Å². The Balaban J connectivity index is 2.18. The topological polar surface area (TPSA) is 74.2 Å². The minimum Gasteiger partial charge on any atom is -0.379 e. The smallest absolute Gasteiger partial charge is 0.258 e. The first-order valence-corrected chi connectivity index (χ1v) is 6.31. The first-order chi connectivity index (χ1) is 8.13. The molecular formula is C11H15N3O2S. The molecule has 17 heavy (non-hydrogen) atoms. The highest BCUT2D eigenvalue weighted by Gasteiger charge is 2.28. The second-order valence-electron chi connectivity index (χ2n) is 3.99. The molecule has 0 aliphatic heterocycles. The molecule has 1 unspecified atom stereocenters. The largest absolute Gasteiger partial charge is 0.379 e. The van der Waals surface area contributed by atoms with Gasteiger partial charge in [-0.1, -0.05) is 5.16 Å². The number of aromatic nitrogens is 2. The molecule has 2 aromatic rings. The average molecular weight is 253 g/mol. The molecular weight excluding hydrogens is 238 g/mol. The average Bonchev–Trinajstić information content (AvgIpc) is 2.95. The summed E-state index contributed by atoms with van der Waals surface area (Å²) in [4.78, 5) is 4.30. The van der Waals surface area contributed by atoms with Gasteiger partial charge in [-0.25, -0.2) is 0 Å². The lowest BCUT2D eigenvalue weighted by atomic mass is 10.1. The third-order valence-corrected chi connectivity index (χ3v) is 2.99. The van der Waals surface area contributed by atoms with Crippen LogP contribution < -0.4 is 5.73 Å². The summed E-state index contributed by atoms with van der Waals surface area (Å²) in [6, 6.07) is 1.93. The Morgan fingerprint density at radius 2 is 2.41 bits per heavy atom. The molecule has 0 saturated heterocycles. The minimum atomic E-state index is -0.728. The van der Waals surface area contributed by atoms with Crippen molar-refractivity contribution in [2.24, 2.45) is 5.73 Å². The lowest BCUT2D eigenvalue weighted by Gasteiger charge is -2.19. The first kappa shape index (κ1) is 12.2. The number of ether oxygens (including phenoxy) is 1. The summed E-state index contributed by atoms with van der Waals surface area (Å²) in [5, 5.41) is 7.82. The second kappa shape index (κ2) is 4.95. The standard InChI is InChI=1S/C11H15N3O2S/c1-3-15-7-11(2,12)10-13-9(16-14-10)8-4-5-17-6-8/h4-6H,3,7,12H2,1-2H3. The molecule has 2 heterocycles. The van der Waals surface area contributed by atoms with Gasteiger partial charge in [0.05, 0.1) is 12.2 Å². The van der Waals surface area contributed by atoms with Gasteiger partial charge in [-0.15, -0.1) is 0 Å². The van der Waals surface area contributed by atoms with E-state index in [0.29, 0.717) is 24.9 Å².